The highest BCUT2D eigenvalue weighted by Gasteiger charge is 2.21. The minimum atomic E-state index is -0.0374. The summed E-state index contributed by atoms with van der Waals surface area (Å²) in [7, 11) is 0. The normalized spacial score (nSPS) is 16.9. The molecular weight excluding hydrogens is 402 g/mol. The number of hydrogen-bond acceptors (Lipinski definition) is 7. The second-order valence-corrected chi connectivity index (χ2v) is 9.35. The number of nitrogens with one attached hydrogen (secondary N) is 1. The number of rotatable bonds is 6. The summed E-state index contributed by atoms with van der Waals surface area (Å²) in [4.78, 5) is 28.2. The summed E-state index contributed by atoms with van der Waals surface area (Å²) in [5, 5.41) is 4.80. The van der Waals surface area contributed by atoms with Crippen molar-refractivity contribution < 1.29 is 4.79 Å². The van der Waals surface area contributed by atoms with E-state index in [-0.39, 0.29) is 5.91 Å². The van der Waals surface area contributed by atoms with Gasteiger partial charge in [0.15, 0.2) is 10.8 Å². The monoisotopic (exact) mass is 427 g/mol. The van der Waals surface area contributed by atoms with Gasteiger partial charge in [0.25, 0.3) is 0 Å². The lowest BCUT2D eigenvalue weighted by atomic mass is 10.0. The lowest BCUT2D eigenvalue weighted by Crippen LogP contribution is -2.34. The van der Waals surface area contributed by atoms with Gasteiger partial charge >= 0.3 is 0 Å². The van der Waals surface area contributed by atoms with Crippen LogP contribution in [0.1, 0.15) is 32.3 Å². The highest BCUT2D eigenvalue weighted by atomic mass is 32.2. The molecule has 0 bridgehead atoms. The Bertz CT molecular complexity index is 1010. The number of piperidine rings is 1. The van der Waals surface area contributed by atoms with Crippen LogP contribution in [0.2, 0.25) is 0 Å². The van der Waals surface area contributed by atoms with E-state index in [1.165, 1.54) is 36.5 Å². The van der Waals surface area contributed by atoms with Gasteiger partial charge < -0.3 is 10.2 Å². The second-order valence-electron chi connectivity index (χ2n) is 7.41. The van der Waals surface area contributed by atoms with Crippen molar-refractivity contribution in [2.24, 2.45) is 5.92 Å². The van der Waals surface area contributed by atoms with Gasteiger partial charge in [0.05, 0.1) is 5.75 Å². The maximum atomic E-state index is 12.4. The molecule has 0 radical (unpaired) electrons. The van der Waals surface area contributed by atoms with Crippen molar-refractivity contribution in [2.75, 3.05) is 29.1 Å². The van der Waals surface area contributed by atoms with Gasteiger partial charge in [-0.15, -0.1) is 0 Å². The van der Waals surface area contributed by atoms with E-state index >= 15 is 0 Å². The highest BCUT2D eigenvalue weighted by molar-refractivity contribution is 8.00. The first-order valence-corrected chi connectivity index (χ1v) is 11.8. The molecule has 1 aliphatic heterocycles. The Balaban J connectivity index is 1.44. The molecule has 1 saturated heterocycles. The Kier molecular flexibility index (Phi) is 6.30. The predicted molar refractivity (Wildman–Crippen MR) is 121 cm³/mol. The zero-order valence-electron chi connectivity index (χ0n) is 16.7. The molecule has 1 aliphatic rings. The first-order chi connectivity index (χ1) is 14.1. The van der Waals surface area contributed by atoms with Crippen molar-refractivity contribution in [3.05, 3.63) is 36.2 Å². The highest BCUT2D eigenvalue weighted by Crippen LogP contribution is 2.35. The molecule has 1 amide bonds. The number of aromatic nitrogens is 3. The number of amides is 1. The molecule has 0 spiro atoms. The van der Waals surface area contributed by atoms with Gasteiger partial charge in [0, 0.05) is 18.8 Å². The van der Waals surface area contributed by atoms with Crippen LogP contribution in [-0.2, 0) is 11.2 Å². The third-order valence-corrected chi connectivity index (χ3v) is 7.26. The summed E-state index contributed by atoms with van der Waals surface area (Å²) in [5.74, 6) is 0.950. The Labute approximate surface area is 179 Å². The molecule has 3 aromatic rings. The second kappa shape index (κ2) is 9.09. The van der Waals surface area contributed by atoms with Crippen LogP contribution in [-0.4, -0.2) is 39.7 Å². The van der Waals surface area contributed by atoms with Gasteiger partial charge in [-0.1, -0.05) is 49.1 Å². The molecule has 152 valence electrons. The third-order valence-electron chi connectivity index (χ3n) is 5.03. The average Bonchev–Trinajstić information content (AvgIpc) is 3.17. The van der Waals surface area contributed by atoms with Crippen molar-refractivity contribution in [3.63, 3.8) is 0 Å². The summed E-state index contributed by atoms with van der Waals surface area (Å²) in [6.07, 6.45) is 4.96. The summed E-state index contributed by atoms with van der Waals surface area (Å²) >= 11 is 3.07. The first-order valence-electron chi connectivity index (χ1n) is 10.0. The number of thiazole rings is 1. The number of thioether (sulfide) groups is 1. The maximum absolute atomic E-state index is 12.4. The SMILES string of the molecule is CCc1cccc(NC(=O)CSc2ncnc3nc(N4CCCC(C)C4)sc23)c1. The van der Waals surface area contributed by atoms with Gasteiger partial charge in [0.2, 0.25) is 5.91 Å². The lowest BCUT2D eigenvalue weighted by molar-refractivity contribution is -0.113. The molecule has 1 fully saturated rings. The zero-order chi connectivity index (χ0) is 20.2. The van der Waals surface area contributed by atoms with Gasteiger partial charge in [-0.25, -0.2) is 9.97 Å². The van der Waals surface area contributed by atoms with Crippen molar-refractivity contribution in [2.45, 2.75) is 38.1 Å². The quantitative estimate of drug-likeness (QED) is 0.457. The molecule has 1 unspecified atom stereocenters. The van der Waals surface area contributed by atoms with Crippen molar-refractivity contribution >= 4 is 50.2 Å². The average molecular weight is 428 g/mol. The molecular formula is C21H25N5OS2. The molecule has 4 rings (SSSR count). The van der Waals surface area contributed by atoms with Crippen LogP contribution in [0.4, 0.5) is 10.8 Å². The molecule has 1 N–H and O–H groups in total. The fourth-order valence-electron chi connectivity index (χ4n) is 3.52. The van der Waals surface area contributed by atoms with Gasteiger partial charge in [-0.3, -0.25) is 4.79 Å². The van der Waals surface area contributed by atoms with Crippen LogP contribution in [0.3, 0.4) is 0 Å². The molecule has 8 heteroatoms. The lowest BCUT2D eigenvalue weighted by Gasteiger charge is -2.30. The fraction of sp³-hybridized carbons (Fsp3) is 0.429. The van der Waals surface area contributed by atoms with E-state index in [0.29, 0.717) is 11.7 Å². The largest absolute Gasteiger partial charge is 0.348 e. The van der Waals surface area contributed by atoms with Crippen LogP contribution in [0.15, 0.2) is 35.6 Å². The Morgan fingerprint density at radius 1 is 1.38 bits per heavy atom. The summed E-state index contributed by atoms with van der Waals surface area (Å²) in [5.41, 5.74) is 2.76. The molecule has 1 atom stereocenters. The summed E-state index contributed by atoms with van der Waals surface area (Å²) in [6, 6.07) is 7.96. The minimum absolute atomic E-state index is 0.0374. The standard InChI is InChI=1S/C21H25N5OS2/c1-3-15-7-4-8-16(10-15)24-17(27)12-28-20-18-19(22-13-23-20)25-21(29-18)26-9-5-6-14(2)11-26/h4,7-8,10,13-14H,3,5-6,9,11-12H2,1-2H3,(H,24,27). The van der Waals surface area contributed by atoms with E-state index in [2.05, 4.69) is 40.1 Å². The van der Waals surface area contributed by atoms with E-state index < -0.39 is 0 Å². The van der Waals surface area contributed by atoms with Gasteiger partial charge in [0.1, 0.15) is 16.1 Å². The number of aryl methyl sites for hydroxylation is 1. The number of anilines is 2. The molecule has 3 heterocycles. The molecule has 1 aromatic carbocycles. The van der Waals surface area contributed by atoms with Crippen molar-refractivity contribution in [1.82, 2.24) is 15.0 Å². The third kappa shape index (κ3) is 4.87. The van der Waals surface area contributed by atoms with E-state index in [1.807, 2.05) is 18.2 Å². The smallest absolute Gasteiger partial charge is 0.234 e. The van der Waals surface area contributed by atoms with Crippen molar-refractivity contribution in [1.29, 1.82) is 0 Å². The van der Waals surface area contributed by atoms with Crippen LogP contribution in [0.25, 0.3) is 10.3 Å². The van der Waals surface area contributed by atoms with Crippen LogP contribution >= 0.6 is 23.1 Å². The van der Waals surface area contributed by atoms with Crippen molar-refractivity contribution in [3.8, 4) is 0 Å². The number of carbonyl (C=O) groups is 1. The number of nitrogens with zero attached hydrogens (tertiary/aromatic N) is 4. The maximum Gasteiger partial charge on any atom is 0.234 e. The minimum Gasteiger partial charge on any atom is -0.348 e. The number of hydrogen-bond donors (Lipinski definition) is 1. The predicted octanol–water partition coefficient (Wildman–Crippen LogP) is 4.62. The van der Waals surface area contributed by atoms with E-state index in [0.717, 1.165) is 45.7 Å². The van der Waals surface area contributed by atoms with Crippen LogP contribution in [0, 0.1) is 5.92 Å². The van der Waals surface area contributed by atoms with Crippen LogP contribution < -0.4 is 10.2 Å². The Morgan fingerprint density at radius 2 is 2.28 bits per heavy atom. The number of fused-ring (bicyclic) bond motifs is 1. The first kappa shape index (κ1) is 20.1. The molecule has 29 heavy (non-hydrogen) atoms. The number of benzene rings is 1. The summed E-state index contributed by atoms with van der Waals surface area (Å²) in [6.45, 7) is 6.47. The Morgan fingerprint density at radius 3 is 3.10 bits per heavy atom. The van der Waals surface area contributed by atoms with E-state index in [4.69, 9.17) is 4.98 Å². The molecule has 0 aliphatic carbocycles. The molecule has 0 saturated carbocycles. The fourth-order valence-corrected chi connectivity index (χ4v) is 5.45. The van der Waals surface area contributed by atoms with E-state index in [1.54, 1.807) is 11.3 Å². The van der Waals surface area contributed by atoms with Crippen LogP contribution in [0.5, 0.6) is 0 Å². The Hall–Kier alpha value is -2.19. The zero-order valence-corrected chi connectivity index (χ0v) is 18.4. The molecule has 2 aromatic heterocycles. The topological polar surface area (TPSA) is 71.0 Å². The van der Waals surface area contributed by atoms with Gasteiger partial charge in [-0.2, -0.15) is 4.98 Å². The number of carbonyl (C=O) groups excluding carboxylic acids is 1. The van der Waals surface area contributed by atoms with E-state index in [9.17, 15) is 4.79 Å². The summed E-state index contributed by atoms with van der Waals surface area (Å²) < 4.78 is 0.964. The van der Waals surface area contributed by atoms with Gasteiger partial charge in [-0.05, 0) is 42.9 Å². The molecule has 6 nitrogen and oxygen atoms in total.